The molecule has 0 bridgehead atoms. The average molecular weight is 425 g/mol. The second-order valence-electron chi connectivity index (χ2n) is 8.08. The van der Waals surface area contributed by atoms with E-state index in [-0.39, 0.29) is 24.0 Å². The van der Waals surface area contributed by atoms with Crippen molar-refractivity contribution in [2.45, 2.75) is 44.6 Å². The topological polar surface area (TPSA) is 74.6 Å². The second kappa shape index (κ2) is 9.54. The molecular formula is C25H28O4S. The Balaban J connectivity index is 1.68. The minimum atomic E-state index is -1.12. The predicted octanol–water partition coefficient (Wildman–Crippen LogP) is 5.63. The Labute approximate surface area is 181 Å². The molecule has 3 rings (SSSR count). The van der Waals surface area contributed by atoms with E-state index in [2.05, 4.69) is 6.58 Å². The van der Waals surface area contributed by atoms with Crippen LogP contribution in [0.5, 0.6) is 0 Å². The van der Waals surface area contributed by atoms with Crippen molar-refractivity contribution in [3.63, 3.8) is 0 Å². The van der Waals surface area contributed by atoms with Gasteiger partial charge in [-0.25, -0.2) is 0 Å². The number of rotatable bonds is 9. The van der Waals surface area contributed by atoms with Crippen LogP contribution in [0.3, 0.4) is 0 Å². The summed E-state index contributed by atoms with van der Waals surface area (Å²) in [6, 6.07) is 10.1. The van der Waals surface area contributed by atoms with E-state index >= 15 is 0 Å². The molecule has 0 spiro atoms. The van der Waals surface area contributed by atoms with Crippen molar-refractivity contribution in [1.82, 2.24) is 0 Å². The molecule has 0 aliphatic heterocycles. The molecule has 1 aromatic carbocycles. The molecule has 4 nitrogen and oxygen atoms in total. The molecule has 0 amide bonds. The average Bonchev–Trinajstić information content (AvgIpc) is 3.24. The number of allylic oxidation sites excluding steroid dienone is 4. The van der Waals surface area contributed by atoms with Gasteiger partial charge in [0.15, 0.2) is 0 Å². The van der Waals surface area contributed by atoms with Crippen molar-refractivity contribution in [2.75, 3.05) is 0 Å². The molecule has 1 aliphatic rings. The summed E-state index contributed by atoms with van der Waals surface area (Å²) in [4.78, 5) is 23.9. The number of benzene rings is 1. The Morgan fingerprint density at radius 2 is 2.10 bits per heavy atom. The van der Waals surface area contributed by atoms with Crippen molar-refractivity contribution < 1.29 is 19.8 Å². The summed E-state index contributed by atoms with van der Waals surface area (Å²) in [6.07, 6.45) is 10.0. The third kappa shape index (κ3) is 5.35. The van der Waals surface area contributed by atoms with Gasteiger partial charge in [0.1, 0.15) is 11.4 Å². The zero-order valence-electron chi connectivity index (χ0n) is 17.2. The van der Waals surface area contributed by atoms with E-state index in [1.54, 1.807) is 24.3 Å². The summed E-state index contributed by atoms with van der Waals surface area (Å²) in [7, 11) is 0. The van der Waals surface area contributed by atoms with E-state index in [4.69, 9.17) is 5.11 Å². The zero-order chi connectivity index (χ0) is 21.7. The van der Waals surface area contributed by atoms with Crippen LogP contribution in [0.2, 0.25) is 0 Å². The zero-order valence-corrected chi connectivity index (χ0v) is 18.0. The van der Waals surface area contributed by atoms with E-state index in [9.17, 15) is 14.7 Å². The van der Waals surface area contributed by atoms with Crippen LogP contribution in [-0.2, 0) is 15.2 Å². The summed E-state index contributed by atoms with van der Waals surface area (Å²) in [5.74, 6) is -0.891. The number of carboxylic acids is 1. The van der Waals surface area contributed by atoms with Crippen LogP contribution in [0.25, 0.3) is 10.1 Å². The quantitative estimate of drug-likeness (QED) is 0.404. The highest BCUT2D eigenvalue weighted by molar-refractivity contribution is 7.19. The molecule has 1 saturated carbocycles. The minimum absolute atomic E-state index is 0.0953. The Morgan fingerprint density at radius 1 is 1.33 bits per heavy atom. The number of aliphatic hydroxyl groups is 1. The lowest BCUT2D eigenvalue weighted by Crippen LogP contribution is -2.18. The van der Waals surface area contributed by atoms with Gasteiger partial charge in [-0.2, -0.15) is 0 Å². The van der Waals surface area contributed by atoms with Gasteiger partial charge in [0, 0.05) is 34.3 Å². The number of carboxylic acid groups (broad SMARTS) is 1. The SMILES string of the molecule is C=C1CC(=O)[C@H](C/C=C\CCCC(=O)O)[C@H]1/C=C/[C@@](C)(O)c1cc2ccccc2s1. The molecule has 1 aliphatic carbocycles. The van der Waals surface area contributed by atoms with Crippen molar-refractivity contribution in [3.8, 4) is 0 Å². The molecule has 0 radical (unpaired) electrons. The standard InChI is InChI=1S/C25H28O4S/c1-17-15-21(26)20(10-5-3-4-6-12-24(27)28)19(17)13-14-25(2,29)23-16-18-9-7-8-11-22(18)30-23/h3,5,7-9,11,13-14,16,19-20,29H,1,4,6,10,12,15H2,2H3,(H,27,28)/b5-3-,14-13+/t19-,20+,25+/m0/s1. The Hall–Kier alpha value is -2.50. The highest BCUT2D eigenvalue weighted by Gasteiger charge is 2.35. The van der Waals surface area contributed by atoms with Crippen molar-refractivity contribution in [1.29, 1.82) is 0 Å². The molecule has 158 valence electrons. The third-order valence-corrected chi connectivity index (χ3v) is 6.93. The van der Waals surface area contributed by atoms with Gasteiger partial charge in [-0.05, 0) is 43.7 Å². The van der Waals surface area contributed by atoms with E-state index in [1.807, 2.05) is 48.6 Å². The van der Waals surface area contributed by atoms with Crippen molar-refractivity contribution in [3.05, 3.63) is 71.7 Å². The number of fused-ring (bicyclic) bond motifs is 1. The Bertz CT molecular complexity index is 962. The van der Waals surface area contributed by atoms with Crippen LogP contribution in [0.15, 0.2) is 66.8 Å². The van der Waals surface area contributed by atoms with Crippen LogP contribution < -0.4 is 0 Å². The number of ketones is 1. The lowest BCUT2D eigenvalue weighted by Gasteiger charge is -2.20. The monoisotopic (exact) mass is 424 g/mol. The van der Waals surface area contributed by atoms with E-state index < -0.39 is 11.6 Å². The molecule has 3 atom stereocenters. The summed E-state index contributed by atoms with van der Waals surface area (Å²) < 4.78 is 1.13. The maximum Gasteiger partial charge on any atom is 0.303 e. The van der Waals surface area contributed by atoms with Crippen LogP contribution in [0, 0.1) is 11.8 Å². The summed E-state index contributed by atoms with van der Waals surface area (Å²) >= 11 is 1.57. The normalized spacial score (nSPS) is 21.8. The van der Waals surface area contributed by atoms with E-state index in [0.29, 0.717) is 25.7 Å². The Kier molecular flexibility index (Phi) is 7.06. The highest BCUT2D eigenvalue weighted by Crippen LogP contribution is 2.39. The first-order valence-corrected chi connectivity index (χ1v) is 11.1. The van der Waals surface area contributed by atoms with Gasteiger partial charge in [0.25, 0.3) is 0 Å². The Morgan fingerprint density at radius 3 is 2.83 bits per heavy atom. The number of hydrogen-bond donors (Lipinski definition) is 2. The lowest BCUT2D eigenvalue weighted by molar-refractivity contribution is -0.137. The molecule has 2 aromatic rings. The van der Waals surface area contributed by atoms with Gasteiger partial charge >= 0.3 is 5.97 Å². The number of aliphatic carboxylic acids is 1. The fourth-order valence-corrected chi connectivity index (χ4v) is 4.93. The number of Topliss-reactive ketones (excluding diaryl/α,β-unsaturated/α-hetero) is 1. The first-order chi connectivity index (χ1) is 14.3. The smallest absolute Gasteiger partial charge is 0.303 e. The van der Waals surface area contributed by atoms with Crippen LogP contribution in [0.4, 0.5) is 0 Å². The number of unbranched alkanes of at least 4 members (excludes halogenated alkanes) is 1. The van der Waals surface area contributed by atoms with Gasteiger partial charge in [-0.3, -0.25) is 9.59 Å². The summed E-state index contributed by atoms with van der Waals surface area (Å²) in [6.45, 7) is 5.85. The molecule has 1 aromatic heterocycles. The maximum atomic E-state index is 12.4. The molecule has 5 heteroatoms. The summed E-state index contributed by atoms with van der Waals surface area (Å²) in [5, 5.41) is 20.8. The number of hydrogen-bond acceptors (Lipinski definition) is 4. The number of carbonyl (C=O) groups excluding carboxylic acids is 1. The fraction of sp³-hybridized carbons (Fsp3) is 0.360. The van der Waals surface area contributed by atoms with Crippen LogP contribution in [0.1, 0.15) is 43.9 Å². The van der Waals surface area contributed by atoms with Gasteiger partial charge < -0.3 is 10.2 Å². The van der Waals surface area contributed by atoms with Crippen LogP contribution >= 0.6 is 11.3 Å². The number of thiophene rings is 1. The maximum absolute atomic E-state index is 12.4. The molecule has 0 saturated heterocycles. The first-order valence-electron chi connectivity index (χ1n) is 10.3. The van der Waals surface area contributed by atoms with Crippen molar-refractivity contribution >= 4 is 33.2 Å². The molecule has 1 fully saturated rings. The van der Waals surface area contributed by atoms with E-state index in [1.165, 1.54) is 0 Å². The van der Waals surface area contributed by atoms with Crippen LogP contribution in [-0.4, -0.2) is 22.0 Å². The van der Waals surface area contributed by atoms with Gasteiger partial charge in [0.05, 0.1) is 0 Å². The van der Waals surface area contributed by atoms with E-state index in [0.717, 1.165) is 20.5 Å². The minimum Gasteiger partial charge on any atom is -0.481 e. The largest absolute Gasteiger partial charge is 0.481 e. The van der Waals surface area contributed by atoms with Gasteiger partial charge in [-0.15, -0.1) is 11.3 Å². The molecule has 30 heavy (non-hydrogen) atoms. The molecular weight excluding hydrogens is 396 g/mol. The fourth-order valence-electron chi connectivity index (χ4n) is 3.84. The molecule has 0 unspecified atom stereocenters. The summed E-state index contributed by atoms with van der Waals surface area (Å²) in [5.41, 5.74) is -0.236. The van der Waals surface area contributed by atoms with Gasteiger partial charge in [0.2, 0.25) is 0 Å². The highest BCUT2D eigenvalue weighted by atomic mass is 32.1. The molecule has 2 N–H and O–H groups in total. The molecule has 1 heterocycles. The second-order valence-corrected chi connectivity index (χ2v) is 9.17. The van der Waals surface area contributed by atoms with Crippen molar-refractivity contribution in [2.24, 2.45) is 11.8 Å². The lowest BCUT2D eigenvalue weighted by atomic mass is 9.88. The number of carbonyl (C=O) groups is 2. The van der Waals surface area contributed by atoms with Gasteiger partial charge in [-0.1, -0.05) is 54.7 Å². The third-order valence-electron chi connectivity index (χ3n) is 5.59. The predicted molar refractivity (Wildman–Crippen MR) is 122 cm³/mol. The first kappa shape index (κ1) is 22.2.